The molecule has 1 aliphatic rings. The van der Waals surface area contributed by atoms with Gasteiger partial charge < -0.3 is 9.84 Å². The van der Waals surface area contributed by atoms with E-state index in [9.17, 15) is 22.5 Å². The predicted octanol–water partition coefficient (Wildman–Crippen LogP) is 2.35. The number of rotatable bonds is 4. The highest BCUT2D eigenvalue weighted by atomic mass is 32.2. The highest BCUT2D eigenvalue weighted by Crippen LogP contribution is 2.39. The lowest BCUT2D eigenvalue weighted by atomic mass is 10.1. The van der Waals surface area contributed by atoms with Gasteiger partial charge in [0.2, 0.25) is 0 Å². The summed E-state index contributed by atoms with van der Waals surface area (Å²) in [4.78, 5) is 12.6. The maximum atomic E-state index is 12.8. The Morgan fingerprint density at radius 2 is 1.77 bits per heavy atom. The predicted molar refractivity (Wildman–Crippen MR) is 96.6 cm³/mol. The monoisotopic (exact) mass is 394 g/mol. The molecule has 0 amide bonds. The van der Waals surface area contributed by atoms with E-state index in [0.29, 0.717) is 16.0 Å². The van der Waals surface area contributed by atoms with Crippen LogP contribution in [0.1, 0.15) is 22.8 Å². The van der Waals surface area contributed by atoms with Gasteiger partial charge in [0.1, 0.15) is 6.61 Å². The largest absolute Gasteiger partial charge is 0.449 e. The van der Waals surface area contributed by atoms with E-state index in [1.807, 2.05) is 0 Å². The number of carbonyl (C=O) groups excluding carboxylic acids is 1. The molecule has 3 rings (SSSR count). The van der Waals surface area contributed by atoms with Crippen molar-refractivity contribution >= 4 is 25.9 Å². The van der Waals surface area contributed by atoms with Gasteiger partial charge in [-0.15, -0.1) is 0 Å². The third-order valence-electron chi connectivity index (χ3n) is 4.27. The van der Waals surface area contributed by atoms with Crippen LogP contribution in [0, 0.1) is 0 Å². The van der Waals surface area contributed by atoms with Gasteiger partial charge in [-0.1, -0.05) is 48.5 Å². The Labute approximate surface area is 154 Å². The van der Waals surface area contributed by atoms with Crippen molar-refractivity contribution in [1.82, 2.24) is 0 Å². The summed E-state index contributed by atoms with van der Waals surface area (Å²) in [7, 11) is -5.84. The van der Waals surface area contributed by atoms with Crippen molar-refractivity contribution < 1.29 is 27.3 Å². The zero-order valence-corrected chi connectivity index (χ0v) is 15.4. The molecule has 2 aromatic carbocycles. The molecule has 1 N–H and O–H groups in total. The van der Waals surface area contributed by atoms with E-state index < -0.39 is 43.0 Å². The van der Waals surface area contributed by atoms with E-state index in [1.54, 1.807) is 54.6 Å². The Hall–Kier alpha value is -2.03. The van der Waals surface area contributed by atoms with Gasteiger partial charge in [-0.05, 0) is 23.6 Å². The number of fused-ring (bicyclic) bond motifs is 1. The van der Waals surface area contributed by atoms with Gasteiger partial charge in [-0.3, -0.25) is 4.21 Å². The molecule has 8 heteroatoms. The minimum atomic E-state index is -4.32. The van der Waals surface area contributed by atoms with E-state index in [0.717, 1.165) is 0 Å². The van der Waals surface area contributed by atoms with Crippen molar-refractivity contribution in [3.8, 4) is 0 Å². The van der Waals surface area contributed by atoms with Crippen LogP contribution in [0.2, 0.25) is 0 Å². The van der Waals surface area contributed by atoms with Crippen LogP contribution in [0.4, 0.5) is 4.79 Å². The van der Waals surface area contributed by atoms with Crippen LogP contribution in [0.25, 0.3) is 0 Å². The number of aliphatic hydroxyl groups is 1. The fourth-order valence-corrected chi connectivity index (χ4v) is 6.11. The number of benzene rings is 2. The summed E-state index contributed by atoms with van der Waals surface area (Å²) in [6.45, 7) is -0.575. The van der Waals surface area contributed by atoms with Crippen LogP contribution < -0.4 is 0 Å². The molecule has 0 aromatic heterocycles. The average molecular weight is 394 g/mol. The zero-order valence-electron chi connectivity index (χ0n) is 13.8. The molecular weight excluding hydrogens is 376 g/mol. The molecule has 0 fully saturated rings. The first-order valence-corrected chi connectivity index (χ1v) is 10.8. The molecule has 0 radical (unpaired) electrons. The van der Waals surface area contributed by atoms with Crippen LogP contribution >= 0.6 is 0 Å². The van der Waals surface area contributed by atoms with Crippen LogP contribution in [0.15, 0.2) is 59.5 Å². The minimum absolute atomic E-state index is 0.0944. The topological polar surface area (TPSA) is 97.7 Å². The summed E-state index contributed by atoms with van der Waals surface area (Å²) < 4.78 is 43.0. The van der Waals surface area contributed by atoms with Crippen molar-refractivity contribution in [3.63, 3.8) is 0 Å². The molecular formula is C18H18O6S2. The summed E-state index contributed by atoms with van der Waals surface area (Å²) in [6, 6.07) is 15.2. The number of aliphatic hydroxyl groups excluding tert-OH is 1. The lowest BCUT2D eigenvalue weighted by molar-refractivity contribution is 0.165. The maximum absolute atomic E-state index is 12.8. The molecule has 0 aliphatic carbocycles. The summed E-state index contributed by atoms with van der Waals surface area (Å²) in [5.74, 6) is 0. The second-order valence-corrected chi connectivity index (χ2v) is 9.63. The molecule has 26 heavy (non-hydrogen) atoms. The molecule has 0 saturated heterocycles. The fraction of sp³-hybridized carbons (Fsp3) is 0.278. The molecule has 3 atom stereocenters. The highest BCUT2D eigenvalue weighted by Gasteiger charge is 2.43. The van der Waals surface area contributed by atoms with E-state index in [4.69, 9.17) is 4.74 Å². The Bertz CT molecular complexity index is 924. The first-order valence-electron chi connectivity index (χ1n) is 8.00. The SMILES string of the molecule is O=C(OCc1ccccc1)S(=O)(=O)C1C[C@H](CO)S(=O)c2ccccc21. The Kier molecular flexibility index (Phi) is 5.55. The number of hydrogen-bond acceptors (Lipinski definition) is 6. The number of sulfone groups is 1. The molecule has 1 heterocycles. The summed E-state index contributed by atoms with van der Waals surface area (Å²) >= 11 is 0. The summed E-state index contributed by atoms with van der Waals surface area (Å²) in [5.41, 5.74) is 1.00. The molecule has 138 valence electrons. The van der Waals surface area contributed by atoms with Crippen molar-refractivity contribution in [3.05, 3.63) is 65.7 Å². The molecule has 6 nitrogen and oxygen atoms in total. The van der Waals surface area contributed by atoms with Gasteiger partial charge in [0.05, 0.1) is 27.9 Å². The lowest BCUT2D eigenvalue weighted by Crippen LogP contribution is -2.34. The highest BCUT2D eigenvalue weighted by molar-refractivity contribution is 8.06. The molecule has 0 bridgehead atoms. The van der Waals surface area contributed by atoms with Gasteiger partial charge in [-0.25, -0.2) is 13.2 Å². The van der Waals surface area contributed by atoms with E-state index in [2.05, 4.69) is 0 Å². The average Bonchev–Trinajstić information content (AvgIpc) is 2.67. The van der Waals surface area contributed by atoms with Gasteiger partial charge >= 0.3 is 5.30 Å². The number of hydrogen-bond donors (Lipinski definition) is 1. The Morgan fingerprint density at radius 3 is 2.46 bits per heavy atom. The third-order valence-corrected chi connectivity index (χ3v) is 7.80. The van der Waals surface area contributed by atoms with E-state index >= 15 is 0 Å². The van der Waals surface area contributed by atoms with Crippen LogP contribution in [-0.4, -0.2) is 34.9 Å². The minimum Gasteiger partial charge on any atom is -0.449 e. The molecule has 0 saturated carbocycles. The third kappa shape index (κ3) is 3.58. The molecule has 1 aliphatic heterocycles. The Morgan fingerprint density at radius 1 is 1.12 bits per heavy atom. The van der Waals surface area contributed by atoms with Crippen LogP contribution in [-0.2, 0) is 32.0 Å². The van der Waals surface area contributed by atoms with Gasteiger partial charge in [-0.2, -0.15) is 0 Å². The molecule has 2 unspecified atom stereocenters. The van der Waals surface area contributed by atoms with Gasteiger partial charge in [0.25, 0.3) is 9.84 Å². The molecule has 2 aromatic rings. The quantitative estimate of drug-likeness (QED) is 0.800. The smallest absolute Gasteiger partial charge is 0.425 e. The Balaban J connectivity index is 1.87. The fourth-order valence-electron chi connectivity index (χ4n) is 2.91. The number of ether oxygens (including phenoxy) is 1. The van der Waals surface area contributed by atoms with E-state index in [1.165, 1.54) is 0 Å². The number of carbonyl (C=O) groups is 1. The standard InChI is InChI=1S/C18H18O6S2/c19-11-14-10-17(15-8-4-5-9-16(15)25(14)21)26(22,23)18(20)24-12-13-6-2-1-3-7-13/h1-9,14,17,19H,10-12H2/t14-,17?,25?/m1/s1. The van der Waals surface area contributed by atoms with Crippen molar-refractivity contribution in [2.75, 3.05) is 6.61 Å². The van der Waals surface area contributed by atoms with Crippen LogP contribution in [0.5, 0.6) is 0 Å². The second kappa shape index (κ2) is 7.69. The second-order valence-electron chi connectivity index (χ2n) is 5.93. The normalized spacial score (nSPS) is 22.4. The lowest BCUT2D eigenvalue weighted by Gasteiger charge is -2.28. The summed E-state index contributed by atoms with van der Waals surface area (Å²) in [6.07, 6.45) is -0.0944. The van der Waals surface area contributed by atoms with E-state index in [-0.39, 0.29) is 13.0 Å². The van der Waals surface area contributed by atoms with Crippen LogP contribution in [0.3, 0.4) is 0 Å². The van der Waals surface area contributed by atoms with Crippen molar-refractivity contribution in [1.29, 1.82) is 0 Å². The van der Waals surface area contributed by atoms with Gasteiger partial charge in [0, 0.05) is 4.90 Å². The zero-order chi connectivity index (χ0) is 18.7. The van der Waals surface area contributed by atoms with Gasteiger partial charge in [0.15, 0.2) is 0 Å². The first-order chi connectivity index (χ1) is 12.4. The first kappa shape index (κ1) is 18.8. The molecule has 0 spiro atoms. The van der Waals surface area contributed by atoms with Crippen molar-refractivity contribution in [2.24, 2.45) is 0 Å². The van der Waals surface area contributed by atoms with Crippen molar-refractivity contribution in [2.45, 2.75) is 28.4 Å². The summed E-state index contributed by atoms with van der Waals surface area (Å²) in [5, 5.41) is 6.22. The maximum Gasteiger partial charge on any atom is 0.425 e.